The molecule has 19 heteroatoms. The summed E-state index contributed by atoms with van der Waals surface area (Å²) in [4.78, 5) is 33.2. The summed E-state index contributed by atoms with van der Waals surface area (Å²) in [5, 5.41) is 11.0. The van der Waals surface area contributed by atoms with E-state index in [9.17, 15) is 14.4 Å². The first-order valence-electron chi connectivity index (χ1n) is 19.7. The van der Waals surface area contributed by atoms with Crippen LogP contribution in [0.2, 0.25) is 0 Å². The van der Waals surface area contributed by atoms with Crippen LogP contribution in [0.15, 0.2) is 0 Å². The van der Waals surface area contributed by atoms with E-state index in [0.717, 1.165) is 25.7 Å². The molecule has 2 N–H and O–H groups in total. The van der Waals surface area contributed by atoms with Crippen molar-refractivity contribution in [1.82, 2.24) is 5.32 Å². The molecule has 0 aliphatic rings. The molecule has 1 amide bonds. The normalized spacial score (nSPS) is 11.3. The van der Waals surface area contributed by atoms with Gasteiger partial charge >= 0.3 is 11.9 Å². The van der Waals surface area contributed by atoms with Crippen molar-refractivity contribution in [2.24, 2.45) is 0 Å². The summed E-state index contributed by atoms with van der Waals surface area (Å²) in [5.74, 6) is -1.69. The van der Waals surface area contributed by atoms with Gasteiger partial charge in [-0.1, -0.05) is 26.2 Å². The minimum atomic E-state index is -1.13. The Hall–Kier alpha value is -2.11. The fraction of sp³-hybridized carbons (Fsp3) is 0.919. The first kappa shape index (κ1) is 53.9. The highest BCUT2D eigenvalue weighted by molar-refractivity contribution is 5.77. The van der Waals surface area contributed by atoms with Gasteiger partial charge in [0.25, 0.3) is 0 Å². The maximum absolute atomic E-state index is 11.6. The summed E-state index contributed by atoms with van der Waals surface area (Å²) in [7, 11) is 0. The van der Waals surface area contributed by atoms with Gasteiger partial charge in [-0.3, -0.25) is 9.59 Å². The van der Waals surface area contributed by atoms with E-state index in [-0.39, 0.29) is 19.2 Å². The number of amides is 1. The van der Waals surface area contributed by atoms with Gasteiger partial charge in [0.05, 0.1) is 159 Å². The maximum atomic E-state index is 11.6. The lowest BCUT2D eigenvalue weighted by Gasteiger charge is -2.09. The molecule has 19 nitrogen and oxygen atoms in total. The molecule has 0 spiro atoms. The molecule has 0 fully saturated rings. The highest BCUT2D eigenvalue weighted by Gasteiger charge is 2.04. The monoisotopic (exact) mass is 817 g/mol. The molecular weight excluding hydrogens is 746 g/mol. The highest BCUT2D eigenvalue weighted by atomic mass is 16.6. The molecule has 0 unspecified atom stereocenters. The summed E-state index contributed by atoms with van der Waals surface area (Å²) in [6.45, 7) is 12.7. The van der Waals surface area contributed by atoms with Crippen molar-refractivity contribution in [3.05, 3.63) is 0 Å². The second kappa shape index (κ2) is 47.3. The largest absolute Gasteiger partial charge is 0.480 e. The van der Waals surface area contributed by atoms with Crippen LogP contribution in [0.3, 0.4) is 0 Å². The zero-order valence-corrected chi connectivity index (χ0v) is 33.7. The van der Waals surface area contributed by atoms with Gasteiger partial charge in [0.1, 0.15) is 19.8 Å². The van der Waals surface area contributed by atoms with Crippen LogP contribution in [-0.4, -0.2) is 208 Å². The highest BCUT2D eigenvalue weighted by Crippen LogP contribution is 2.03. The number of ether oxygens (including phenoxy) is 14. The number of rotatable bonds is 48. The lowest BCUT2D eigenvalue weighted by atomic mass is 10.2. The average Bonchev–Trinajstić information content (AvgIpc) is 3.18. The van der Waals surface area contributed by atoms with E-state index in [4.69, 9.17) is 66.7 Å². The van der Waals surface area contributed by atoms with Crippen LogP contribution < -0.4 is 5.32 Å². The summed E-state index contributed by atoms with van der Waals surface area (Å²) in [6, 6.07) is 0. The molecule has 0 rings (SSSR count). The summed E-state index contributed by atoms with van der Waals surface area (Å²) in [6.07, 6.45) is 4.72. The standard InChI is InChI=1S/C37H71NO18/c1-2-3-4-5-6-37(42)56-32-31-54-30-29-53-28-27-52-26-25-51-24-23-50-22-21-49-20-19-48-18-17-47-16-15-46-14-13-45-12-11-44-10-9-43-8-7-38-35(39)33-55-34-36(40)41/h2-34H2,1H3,(H,38,39)(H,40,41). The summed E-state index contributed by atoms with van der Waals surface area (Å²) in [5.41, 5.74) is 0. The fourth-order valence-electron chi connectivity index (χ4n) is 4.05. The van der Waals surface area contributed by atoms with E-state index >= 15 is 0 Å². The minimum absolute atomic E-state index is 0.161. The summed E-state index contributed by atoms with van der Waals surface area (Å²) < 4.78 is 75.1. The molecule has 0 bridgehead atoms. The molecule has 0 atom stereocenters. The Balaban J connectivity index is 3.12. The smallest absolute Gasteiger partial charge is 0.329 e. The molecule has 332 valence electrons. The van der Waals surface area contributed by atoms with Gasteiger partial charge < -0.3 is 76.7 Å². The molecule has 0 saturated carbocycles. The summed E-state index contributed by atoms with van der Waals surface area (Å²) >= 11 is 0. The Kier molecular flexibility index (Phi) is 45.5. The van der Waals surface area contributed by atoms with E-state index in [2.05, 4.69) is 17.0 Å². The van der Waals surface area contributed by atoms with Crippen molar-refractivity contribution < 1.29 is 85.8 Å². The Bertz CT molecular complexity index is 843. The average molecular weight is 818 g/mol. The van der Waals surface area contributed by atoms with Crippen LogP contribution in [-0.2, 0) is 80.7 Å². The van der Waals surface area contributed by atoms with Gasteiger partial charge in [0.15, 0.2) is 0 Å². The van der Waals surface area contributed by atoms with E-state index in [0.29, 0.717) is 172 Å². The van der Waals surface area contributed by atoms with Crippen LogP contribution in [0.4, 0.5) is 0 Å². The predicted molar refractivity (Wildman–Crippen MR) is 201 cm³/mol. The van der Waals surface area contributed by atoms with Gasteiger partial charge in [-0.05, 0) is 6.42 Å². The molecule has 0 aromatic rings. The molecule has 0 radical (unpaired) electrons. The molecule has 56 heavy (non-hydrogen) atoms. The first-order valence-corrected chi connectivity index (χ1v) is 19.7. The predicted octanol–water partition coefficient (Wildman–Crippen LogP) is 0.917. The number of hydrogen-bond donors (Lipinski definition) is 2. The maximum Gasteiger partial charge on any atom is 0.329 e. The Morgan fingerprint density at radius 3 is 1.04 bits per heavy atom. The van der Waals surface area contributed by atoms with Crippen molar-refractivity contribution in [2.75, 3.05) is 185 Å². The molecule has 0 aromatic heterocycles. The van der Waals surface area contributed by atoms with Crippen LogP contribution in [0, 0.1) is 0 Å². The number of esters is 1. The second-order valence-corrected chi connectivity index (χ2v) is 11.6. The Morgan fingerprint density at radius 2 is 0.714 bits per heavy atom. The fourth-order valence-corrected chi connectivity index (χ4v) is 4.05. The van der Waals surface area contributed by atoms with Gasteiger partial charge in [0.2, 0.25) is 5.91 Å². The number of unbranched alkanes of at least 4 members (excludes halogenated alkanes) is 3. The number of hydrogen-bond acceptors (Lipinski definition) is 17. The van der Waals surface area contributed by atoms with Gasteiger partial charge in [-0.15, -0.1) is 0 Å². The van der Waals surface area contributed by atoms with Crippen molar-refractivity contribution in [1.29, 1.82) is 0 Å². The van der Waals surface area contributed by atoms with Crippen molar-refractivity contribution >= 4 is 17.8 Å². The third kappa shape index (κ3) is 48.0. The molecule has 0 aliphatic carbocycles. The SMILES string of the molecule is CCCCCCC(=O)OCCOCCOCCOCCOCCOCCOCCOCCOCCOCCOCCOCCOCCNC(=O)COCC(=O)O. The Labute approximate surface area is 332 Å². The molecule has 0 aromatic carbocycles. The number of aliphatic carboxylic acids is 1. The van der Waals surface area contributed by atoms with Crippen LogP contribution in [0.5, 0.6) is 0 Å². The zero-order chi connectivity index (χ0) is 40.7. The van der Waals surface area contributed by atoms with Crippen molar-refractivity contribution in [3.8, 4) is 0 Å². The quantitative estimate of drug-likeness (QED) is 0.0645. The van der Waals surface area contributed by atoms with Crippen LogP contribution >= 0.6 is 0 Å². The van der Waals surface area contributed by atoms with E-state index in [1.165, 1.54) is 0 Å². The molecule has 0 saturated heterocycles. The molecule has 0 aliphatic heterocycles. The first-order chi connectivity index (χ1) is 27.6. The van der Waals surface area contributed by atoms with Crippen LogP contribution in [0.25, 0.3) is 0 Å². The van der Waals surface area contributed by atoms with E-state index in [1.54, 1.807) is 0 Å². The number of carbonyl (C=O) groups excluding carboxylic acids is 2. The van der Waals surface area contributed by atoms with Crippen molar-refractivity contribution in [3.63, 3.8) is 0 Å². The van der Waals surface area contributed by atoms with Crippen LogP contribution in [0.1, 0.15) is 39.0 Å². The van der Waals surface area contributed by atoms with Gasteiger partial charge in [-0.25, -0.2) is 4.79 Å². The number of carbonyl (C=O) groups is 3. The zero-order valence-electron chi connectivity index (χ0n) is 33.7. The van der Waals surface area contributed by atoms with Gasteiger partial charge in [0, 0.05) is 13.0 Å². The minimum Gasteiger partial charge on any atom is -0.480 e. The molecule has 0 heterocycles. The van der Waals surface area contributed by atoms with E-state index in [1.807, 2.05) is 0 Å². The second-order valence-electron chi connectivity index (χ2n) is 11.6. The number of nitrogens with one attached hydrogen (secondary N) is 1. The third-order valence-corrected chi connectivity index (χ3v) is 6.84. The lowest BCUT2D eigenvalue weighted by molar-refractivity contribution is -0.146. The number of carboxylic acid groups (broad SMARTS) is 1. The van der Waals surface area contributed by atoms with Gasteiger partial charge in [-0.2, -0.15) is 0 Å². The third-order valence-electron chi connectivity index (χ3n) is 6.84. The number of carboxylic acids is 1. The topological polar surface area (TPSA) is 213 Å². The Morgan fingerprint density at radius 1 is 0.393 bits per heavy atom. The lowest BCUT2D eigenvalue weighted by Crippen LogP contribution is -2.31. The van der Waals surface area contributed by atoms with E-state index < -0.39 is 18.5 Å². The van der Waals surface area contributed by atoms with Crippen molar-refractivity contribution in [2.45, 2.75) is 39.0 Å². The molecular formula is C37H71NO18.